The third-order valence-corrected chi connectivity index (χ3v) is 6.09. The van der Waals surface area contributed by atoms with Crippen LogP contribution in [0, 0.1) is 11.3 Å². The van der Waals surface area contributed by atoms with Crippen LogP contribution in [-0.4, -0.2) is 23.5 Å². The lowest BCUT2D eigenvalue weighted by atomic mass is 10.1. The number of hydrogen-bond donors (Lipinski definition) is 1. The van der Waals surface area contributed by atoms with E-state index in [2.05, 4.69) is 11.4 Å². The molecule has 0 unspecified atom stereocenters. The van der Waals surface area contributed by atoms with Crippen molar-refractivity contribution < 1.29 is 19.1 Å². The van der Waals surface area contributed by atoms with E-state index < -0.39 is 11.8 Å². The number of ether oxygens (including phenoxy) is 2. The molecule has 8 heteroatoms. The van der Waals surface area contributed by atoms with Crippen LogP contribution in [0.25, 0.3) is 6.08 Å². The Labute approximate surface area is 220 Å². The number of aryl methyl sites for hydroxylation is 1. The molecular formula is C29H25N3O4S. The highest BCUT2D eigenvalue weighted by Crippen LogP contribution is 2.31. The number of amides is 2. The Hall–Kier alpha value is -4.48. The predicted octanol–water partition coefficient (Wildman–Crippen LogP) is 4.93. The minimum absolute atomic E-state index is 0.0350. The van der Waals surface area contributed by atoms with Crippen molar-refractivity contribution in [1.29, 1.82) is 5.26 Å². The summed E-state index contributed by atoms with van der Waals surface area (Å²) in [4.78, 5) is 27.3. The molecule has 1 saturated heterocycles. The van der Waals surface area contributed by atoms with Gasteiger partial charge in [-0.05, 0) is 73.1 Å². The van der Waals surface area contributed by atoms with Gasteiger partial charge in [0.2, 0.25) is 0 Å². The number of benzene rings is 3. The third kappa shape index (κ3) is 5.68. The highest BCUT2D eigenvalue weighted by Gasteiger charge is 2.34. The molecule has 1 N–H and O–H groups in total. The molecule has 1 aliphatic heterocycles. The lowest BCUT2D eigenvalue weighted by Crippen LogP contribution is -2.54. The fourth-order valence-electron chi connectivity index (χ4n) is 3.85. The van der Waals surface area contributed by atoms with E-state index in [0.717, 1.165) is 17.5 Å². The quantitative estimate of drug-likeness (QED) is 0.262. The lowest BCUT2D eigenvalue weighted by Gasteiger charge is -2.29. The first-order valence-corrected chi connectivity index (χ1v) is 12.2. The first-order valence-electron chi connectivity index (χ1n) is 11.8. The molecule has 3 aromatic carbocycles. The third-order valence-electron chi connectivity index (χ3n) is 5.80. The monoisotopic (exact) mass is 511 g/mol. The van der Waals surface area contributed by atoms with Crippen molar-refractivity contribution in [2.75, 3.05) is 11.5 Å². The molecule has 37 heavy (non-hydrogen) atoms. The minimum Gasteiger partial charge on any atom is -0.490 e. The van der Waals surface area contributed by atoms with Crippen molar-refractivity contribution in [2.45, 2.75) is 26.9 Å². The highest BCUT2D eigenvalue weighted by molar-refractivity contribution is 7.80. The minimum atomic E-state index is -0.567. The largest absolute Gasteiger partial charge is 0.490 e. The number of nitrogens with zero attached hydrogens (tertiary/aromatic N) is 2. The summed E-state index contributed by atoms with van der Waals surface area (Å²) in [5.74, 6) is -0.139. The van der Waals surface area contributed by atoms with Gasteiger partial charge in [-0.25, -0.2) is 0 Å². The Morgan fingerprint density at radius 3 is 2.46 bits per heavy atom. The normalized spacial score (nSPS) is 14.4. The van der Waals surface area contributed by atoms with Gasteiger partial charge in [-0.2, -0.15) is 5.26 Å². The van der Waals surface area contributed by atoms with Crippen molar-refractivity contribution in [3.63, 3.8) is 0 Å². The molecule has 0 saturated carbocycles. The SMILES string of the molecule is CCOc1cc(/C=C2\C(=O)NC(=S)N(c3ccc(CC)cc3)C2=O)ccc1OCc1ccccc1C#N. The van der Waals surface area contributed by atoms with Crippen molar-refractivity contribution in [3.05, 3.63) is 94.6 Å². The smallest absolute Gasteiger partial charge is 0.270 e. The number of nitrogens with one attached hydrogen (secondary N) is 1. The summed E-state index contributed by atoms with van der Waals surface area (Å²) in [6, 6.07) is 22.0. The average molecular weight is 512 g/mol. The number of nitriles is 1. The zero-order valence-electron chi connectivity index (χ0n) is 20.5. The van der Waals surface area contributed by atoms with Crippen molar-refractivity contribution >= 4 is 40.9 Å². The maximum Gasteiger partial charge on any atom is 0.270 e. The molecule has 4 rings (SSSR count). The Kier molecular flexibility index (Phi) is 7.96. The van der Waals surface area contributed by atoms with Gasteiger partial charge in [0.05, 0.1) is 23.9 Å². The highest BCUT2D eigenvalue weighted by atomic mass is 32.1. The standard InChI is InChI=1S/C29H25N3O4S/c1-3-19-9-12-23(13-10-19)32-28(34)24(27(33)31-29(32)37)15-20-11-14-25(26(16-20)35-4-2)36-18-22-8-6-5-7-21(22)17-30/h5-16H,3-4,18H2,1-2H3,(H,31,33,37)/b24-15+. The molecule has 7 nitrogen and oxygen atoms in total. The zero-order chi connectivity index (χ0) is 26.4. The summed E-state index contributed by atoms with van der Waals surface area (Å²) >= 11 is 5.29. The molecule has 186 valence electrons. The maximum atomic E-state index is 13.3. The molecule has 1 fully saturated rings. The van der Waals surface area contributed by atoms with Gasteiger partial charge in [0.1, 0.15) is 12.2 Å². The van der Waals surface area contributed by atoms with Crippen LogP contribution in [0.4, 0.5) is 5.69 Å². The van der Waals surface area contributed by atoms with Crippen molar-refractivity contribution in [1.82, 2.24) is 5.32 Å². The fraction of sp³-hybridized carbons (Fsp3) is 0.172. The Bertz CT molecular complexity index is 1420. The van der Waals surface area contributed by atoms with Gasteiger partial charge >= 0.3 is 0 Å². The number of hydrogen-bond acceptors (Lipinski definition) is 6. The van der Waals surface area contributed by atoms with E-state index >= 15 is 0 Å². The van der Waals surface area contributed by atoms with Crippen LogP contribution in [0.1, 0.15) is 36.1 Å². The molecule has 2 amide bonds. The first-order chi connectivity index (χ1) is 17.9. The van der Waals surface area contributed by atoms with Crippen molar-refractivity contribution in [3.8, 4) is 17.6 Å². The van der Waals surface area contributed by atoms with Crippen LogP contribution in [0.5, 0.6) is 11.5 Å². The van der Waals surface area contributed by atoms with Gasteiger partial charge in [0.25, 0.3) is 11.8 Å². The van der Waals surface area contributed by atoms with Crippen LogP contribution >= 0.6 is 12.2 Å². The van der Waals surface area contributed by atoms with Crippen LogP contribution in [-0.2, 0) is 22.6 Å². The predicted molar refractivity (Wildman–Crippen MR) is 145 cm³/mol. The molecule has 1 heterocycles. The van der Waals surface area contributed by atoms with E-state index in [1.807, 2.05) is 50.2 Å². The second-order valence-corrected chi connectivity index (χ2v) is 8.56. The Morgan fingerprint density at radius 1 is 1.00 bits per heavy atom. The van der Waals surface area contributed by atoms with Gasteiger partial charge in [-0.3, -0.25) is 19.8 Å². The van der Waals surface area contributed by atoms with Gasteiger partial charge < -0.3 is 9.47 Å². The average Bonchev–Trinajstić information content (AvgIpc) is 2.91. The van der Waals surface area contributed by atoms with E-state index in [9.17, 15) is 14.9 Å². The Morgan fingerprint density at radius 2 is 1.76 bits per heavy atom. The van der Waals surface area contributed by atoms with Crippen LogP contribution < -0.4 is 19.7 Å². The van der Waals surface area contributed by atoms with Gasteiger partial charge in [-0.1, -0.05) is 43.3 Å². The van der Waals surface area contributed by atoms with Crippen LogP contribution in [0.15, 0.2) is 72.3 Å². The zero-order valence-corrected chi connectivity index (χ0v) is 21.3. The molecule has 1 aliphatic rings. The number of thiocarbonyl (C=S) groups is 1. The molecule has 0 bridgehead atoms. The molecule has 0 atom stereocenters. The summed E-state index contributed by atoms with van der Waals surface area (Å²) < 4.78 is 11.7. The number of carbonyl (C=O) groups excluding carboxylic acids is 2. The van der Waals surface area contributed by atoms with E-state index in [-0.39, 0.29) is 17.3 Å². The summed E-state index contributed by atoms with van der Waals surface area (Å²) in [6.45, 7) is 4.47. The maximum absolute atomic E-state index is 13.3. The Balaban J connectivity index is 1.61. The van der Waals surface area contributed by atoms with E-state index in [4.69, 9.17) is 21.7 Å². The van der Waals surface area contributed by atoms with Gasteiger partial charge in [0, 0.05) is 5.56 Å². The number of anilines is 1. The molecular weight excluding hydrogens is 486 g/mol. The van der Waals surface area contributed by atoms with Crippen LogP contribution in [0.3, 0.4) is 0 Å². The summed E-state index contributed by atoms with van der Waals surface area (Å²) in [7, 11) is 0. The van der Waals surface area contributed by atoms with E-state index in [0.29, 0.717) is 34.9 Å². The van der Waals surface area contributed by atoms with Gasteiger partial charge in [0.15, 0.2) is 16.6 Å². The van der Waals surface area contributed by atoms with E-state index in [1.54, 1.807) is 30.3 Å². The molecule has 3 aromatic rings. The summed E-state index contributed by atoms with van der Waals surface area (Å²) in [5, 5.41) is 12.0. The topological polar surface area (TPSA) is 91.7 Å². The fourth-order valence-corrected chi connectivity index (χ4v) is 4.13. The number of rotatable bonds is 8. The first kappa shape index (κ1) is 25.6. The number of carbonyl (C=O) groups is 2. The molecule has 0 radical (unpaired) electrons. The second kappa shape index (κ2) is 11.5. The van der Waals surface area contributed by atoms with Crippen molar-refractivity contribution in [2.24, 2.45) is 0 Å². The summed E-state index contributed by atoms with van der Waals surface area (Å²) in [5.41, 5.74) is 3.53. The van der Waals surface area contributed by atoms with E-state index in [1.165, 1.54) is 11.0 Å². The second-order valence-electron chi connectivity index (χ2n) is 8.17. The van der Waals surface area contributed by atoms with Crippen LogP contribution in [0.2, 0.25) is 0 Å². The molecule has 0 aliphatic carbocycles. The van der Waals surface area contributed by atoms with Gasteiger partial charge in [-0.15, -0.1) is 0 Å². The molecule has 0 aromatic heterocycles. The summed E-state index contributed by atoms with van der Waals surface area (Å²) in [6.07, 6.45) is 2.37. The lowest BCUT2D eigenvalue weighted by molar-refractivity contribution is -0.122. The molecule has 0 spiro atoms.